The SMILES string of the molecule is CCOc1cc(C=O)ccc1OCC(=O)N1C[C@@]2(C)C[C@H]1CC(C)(C)C2. The molecule has 3 rings (SSSR count). The third-order valence-electron chi connectivity index (χ3n) is 5.49. The fourth-order valence-corrected chi connectivity index (χ4v) is 4.96. The molecule has 0 radical (unpaired) electrons. The highest BCUT2D eigenvalue weighted by molar-refractivity contribution is 5.79. The minimum atomic E-state index is -0.00643. The van der Waals surface area contributed by atoms with E-state index in [0.717, 1.165) is 32.1 Å². The van der Waals surface area contributed by atoms with Gasteiger partial charge in [-0.3, -0.25) is 9.59 Å². The Balaban J connectivity index is 1.67. The molecule has 1 saturated heterocycles. The number of nitrogens with zero attached hydrogens (tertiary/aromatic N) is 1. The van der Waals surface area contributed by atoms with E-state index in [2.05, 4.69) is 20.8 Å². The van der Waals surface area contributed by atoms with Gasteiger partial charge in [-0.05, 0) is 55.2 Å². The first-order valence-electron chi connectivity index (χ1n) is 9.40. The molecule has 26 heavy (non-hydrogen) atoms. The van der Waals surface area contributed by atoms with Gasteiger partial charge in [0.1, 0.15) is 6.29 Å². The van der Waals surface area contributed by atoms with Crippen molar-refractivity contribution in [1.82, 2.24) is 4.90 Å². The van der Waals surface area contributed by atoms with Crippen LogP contribution in [0.1, 0.15) is 57.3 Å². The Hall–Kier alpha value is -2.04. The van der Waals surface area contributed by atoms with Gasteiger partial charge >= 0.3 is 0 Å². The van der Waals surface area contributed by atoms with Gasteiger partial charge in [-0.1, -0.05) is 20.8 Å². The fourth-order valence-electron chi connectivity index (χ4n) is 4.96. The molecule has 2 atom stereocenters. The molecule has 1 aromatic carbocycles. The number of aldehydes is 1. The lowest BCUT2D eigenvalue weighted by Crippen LogP contribution is -2.40. The van der Waals surface area contributed by atoms with E-state index in [-0.39, 0.29) is 23.3 Å². The third-order valence-corrected chi connectivity index (χ3v) is 5.49. The molecule has 0 aromatic heterocycles. The fraction of sp³-hybridized carbons (Fsp3) is 0.619. The normalized spacial score (nSPS) is 26.5. The molecule has 2 bridgehead atoms. The number of carbonyl (C=O) groups is 2. The third kappa shape index (κ3) is 3.87. The Morgan fingerprint density at radius 3 is 2.69 bits per heavy atom. The standard InChI is InChI=1S/C21H29NO4/c1-5-25-18-8-15(11-23)6-7-17(18)26-12-19(24)22-14-21(4)10-16(22)9-20(2,3)13-21/h6-8,11,16H,5,9-10,12-14H2,1-4H3/t16-,21+/m1/s1. The van der Waals surface area contributed by atoms with Crippen molar-refractivity contribution in [2.75, 3.05) is 19.8 Å². The Kier molecular flexibility index (Phi) is 5.00. The van der Waals surface area contributed by atoms with Crippen LogP contribution >= 0.6 is 0 Å². The Bertz CT molecular complexity index is 699. The number of ether oxygens (including phenoxy) is 2. The van der Waals surface area contributed by atoms with E-state index >= 15 is 0 Å². The van der Waals surface area contributed by atoms with Crippen molar-refractivity contribution in [3.05, 3.63) is 23.8 Å². The van der Waals surface area contributed by atoms with Crippen molar-refractivity contribution in [2.24, 2.45) is 10.8 Å². The van der Waals surface area contributed by atoms with Crippen LogP contribution in [0.3, 0.4) is 0 Å². The van der Waals surface area contributed by atoms with E-state index in [1.165, 1.54) is 0 Å². The first-order valence-corrected chi connectivity index (χ1v) is 9.40. The summed E-state index contributed by atoms with van der Waals surface area (Å²) in [5.41, 5.74) is 1.01. The highest BCUT2D eigenvalue weighted by atomic mass is 16.5. The van der Waals surface area contributed by atoms with Crippen LogP contribution in [0.2, 0.25) is 0 Å². The number of hydrogen-bond donors (Lipinski definition) is 0. The molecule has 0 spiro atoms. The maximum atomic E-state index is 12.8. The highest BCUT2D eigenvalue weighted by Gasteiger charge is 2.50. The lowest BCUT2D eigenvalue weighted by molar-refractivity contribution is -0.134. The maximum Gasteiger partial charge on any atom is 0.260 e. The Morgan fingerprint density at radius 2 is 2.00 bits per heavy atom. The van der Waals surface area contributed by atoms with Gasteiger partial charge in [-0.15, -0.1) is 0 Å². The largest absolute Gasteiger partial charge is 0.490 e. The van der Waals surface area contributed by atoms with Gasteiger partial charge in [-0.25, -0.2) is 0 Å². The molecule has 1 amide bonds. The zero-order valence-corrected chi connectivity index (χ0v) is 16.2. The summed E-state index contributed by atoms with van der Waals surface area (Å²) >= 11 is 0. The smallest absolute Gasteiger partial charge is 0.260 e. The molecule has 2 fully saturated rings. The molecule has 5 heteroatoms. The Labute approximate surface area is 155 Å². The number of fused-ring (bicyclic) bond motifs is 2. The zero-order valence-electron chi connectivity index (χ0n) is 16.2. The lowest BCUT2D eigenvalue weighted by Gasteiger charge is -2.39. The molecular formula is C21H29NO4. The number of carbonyl (C=O) groups excluding carboxylic acids is 2. The van der Waals surface area contributed by atoms with Gasteiger partial charge in [0.15, 0.2) is 18.1 Å². The quantitative estimate of drug-likeness (QED) is 0.727. The average Bonchev–Trinajstić information content (AvgIpc) is 2.82. The predicted molar refractivity (Wildman–Crippen MR) is 99.7 cm³/mol. The number of rotatable bonds is 6. The van der Waals surface area contributed by atoms with E-state index in [1.54, 1.807) is 18.2 Å². The van der Waals surface area contributed by atoms with Gasteiger partial charge in [0.25, 0.3) is 5.91 Å². The van der Waals surface area contributed by atoms with Crippen LogP contribution in [-0.4, -0.2) is 42.9 Å². The first kappa shape index (κ1) is 18.7. The first-order chi connectivity index (χ1) is 12.3. The summed E-state index contributed by atoms with van der Waals surface area (Å²) in [6.07, 6.45) is 4.06. The minimum Gasteiger partial charge on any atom is -0.490 e. The summed E-state index contributed by atoms with van der Waals surface area (Å²) in [6.45, 7) is 10.0. The average molecular weight is 359 g/mol. The van der Waals surface area contributed by atoms with Crippen molar-refractivity contribution in [3.63, 3.8) is 0 Å². The maximum absolute atomic E-state index is 12.8. The molecular weight excluding hydrogens is 330 g/mol. The van der Waals surface area contributed by atoms with E-state index in [0.29, 0.717) is 29.7 Å². The van der Waals surface area contributed by atoms with E-state index in [1.807, 2.05) is 11.8 Å². The van der Waals surface area contributed by atoms with E-state index in [4.69, 9.17) is 9.47 Å². The number of likely N-dealkylation sites (tertiary alicyclic amines) is 1. The molecule has 1 aliphatic carbocycles. The highest BCUT2D eigenvalue weighted by Crippen LogP contribution is 2.52. The molecule has 142 valence electrons. The molecule has 1 aromatic rings. The molecule has 1 aliphatic heterocycles. The van der Waals surface area contributed by atoms with Crippen LogP contribution in [0.4, 0.5) is 0 Å². The summed E-state index contributed by atoms with van der Waals surface area (Å²) < 4.78 is 11.3. The monoisotopic (exact) mass is 359 g/mol. The summed E-state index contributed by atoms with van der Waals surface area (Å²) in [4.78, 5) is 25.8. The van der Waals surface area contributed by atoms with E-state index < -0.39 is 0 Å². The lowest BCUT2D eigenvalue weighted by atomic mass is 9.65. The minimum absolute atomic E-state index is 0.00643. The summed E-state index contributed by atoms with van der Waals surface area (Å²) in [7, 11) is 0. The van der Waals surface area contributed by atoms with Crippen molar-refractivity contribution in [1.29, 1.82) is 0 Å². The van der Waals surface area contributed by atoms with Crippen LogP contribution in [0.25, 0.3) is 0 Å². The molecule has 1 heterocycles. The van der Waals surface area contributed by atoms with Crippen molar-refractivity contribution < 1.29 is 19.1 Å². The summed E-state index contributed by atoms with van der Waals surface area (Å²) in [5, 5.41) is 0. The zero-order chi connectivity index (χ0) is 18.9. The topological polar surface area (TPSA) is 55.8 Å². The second-order valence-electron chi connectivity index (χ2n) is 8.78. The van der Waals surface area contributed by atoms with Crippen LogP contribution in [0, 0.1) is 10.8 Å². The van der Waals surface area contributed by atoms with Gasteiger partial charge in [0.05, 0.1) is 6.61 Å². The molecule has 5 nitrogen and oxygen atoms in total. The molecule has 1 saturated carbocycles. The van der Waals surface area contributed by atoms with Gasteiger partial charge in [0, 0.05) is 18.2 Å². The van der Waals surface area contributed by atoms with Gasteiger partial charge in [-0.2, -0.15) is 0 Å². The second kappa shape index (κ2) is 6.93. The Morgan fingerprint density at radius 1 is 1.23 bits per heavy atom. The summed E-state index contributed by atoms with van der Waals surface area (Å²) in [6, 6.07) is 5.31. The second-order valence-corrected chi connectivity index (χ2v) is 8.78. The molecule has 2 aliphatic rings. The number of hydrogen-bond acceptors (Lipinski definition) is 4. The van der Waals surface area contributed by atoms with Crippen LogP contribution < -0.4 is 9.47 Å². The van der Waals surface area contributed by atoms with Crippen molar-refractivity contribution in [2.45, 2.75) is 53.0 Å². The van der Waals surface area contributed by atoms with Crippen LogP contribution in [0.5, 0.6) is 11.5 Å². The van der Waals surface area contributed by atoms with Gasteiger partial charge in [0.2, 0.25) is 0 Å². The molecule has 0 unspecified atom stereocenters. The van der Waals surface area contributed by atoms with Crippen molar-refractivity contribution >= 4 is 12.2 Å². The van der Waals surface area contributed by atoms with Crippen LogP contribution in [-0.2, 0) is 4.79 Å². The molecule has 0 N–H and O–H groups in total. The summed E-state index contributed by atoms with van der Waals surface area (Å²) in [5.74, 6) is 1.02. The number of benzene rings is 1. The van der Waals surface area contributed by atoms with Crippen LogP contribution in [0.15, 0.2) is 18.2 Å². The predicted octanol–water partition coefficient (Wildman–Crippen LogP) is 3.70. The van der Waals surface area contributed by atoms with Crippen molar-refractivity contribution in [3.8, 4) is 11.5 Å². The van der Waals surface area contributed by atoms with Gasteiger partial charge < -0.3 is 14.4 Å². The van der Waals surface area contributed by atoms with E-state index in [9.17, 15) is 9.59 Å². The number of amides is 1.